The van der Waals surface area contributed by atoms with E-state index in [0.29, 0.717) is 11.5 Å². The van der Waals surface area contributed by atoms with E-state index in [9.17, 15) is 9.59 Å². The number of nitrogens with zero attached hydrogens (tertiary/aromatic N) is 2. The van der Waals surface area contributed by atoms with Crippen LogP contribution < -0.4 is 0 Å². The molecule has 0 N–H and O–H groups in total. The van der Waals surface area contributed by atoms with Gasteiger partial charge in [-0.15, -0.1) is 0 Å². The summed E-state index contributed by atoms with van der Waals surface area (Å²) in [6.07, 6.45) is 5.57. The highest BCUT2D eigenvalue weighted by atomic mass is 16.5. The van der Waals surface area contributed by atoms with Crippen molar-refractivity contribution in [3.05, 3.63) is 41.5 Å². The van der Waals surface area contributed by atoms with Gasteiger partial charge in [0.25, 0.3) is 5.91 Å². The molecule has 2 rings (SSSR count). The number of rotatable bonds is 6. The molecule has 0 saturated carbocycles. The molecule has 1 aromatic carbocycles. The zero-order valence-electron chi connectivity index (χ0n) is 15.4. The number of carbonyl (C=O) groups is 2. The minimum absolute atomic E-state index is 0.0275. The van der Waals surface area contributed by atoms with Gasteiger partial charge < -0.3 is 14.5 Å². The first-order chi connectivity index (χ1) is 12.0. The molecule has 1 atom stereocenters. The van der Waals surface area contributed by atoms with Gasteiger partial charge in [0.2, 0.25) is 5.91 Å². The van der Waals surface area contributed by atoms with Crippen LogP contribution >= 0.6 is 0 Å². The number of likely N-dealkylation sites (tertiary alicyclic amines) is 1. The first-order valence-corrected chi connectivity index (χ1v) is 8.87. The zero-order chi connectivity index (χ0) is 18.2. The Morgan fingerprint density at radius 1 is 1.28 bits per heavy atom. The molecule has 1 heterocycles. The maximum absolute atomic E-state index is 12.4. The van der Waals surface area contributed by atoms with Crippen LogP contribution in [0.25, 0.3) is 6.08 Å². The first-order valence-electron chi connectivity index (χ1n) is 8.87. The van der Waals surface area contributed by atoms with Crippen molar-refractivity contribution in [3.8, 4) is 0 Å². The van der Waals surface area contributed by atoms with Gasteiger partial charge in [0.1, 0.15) is 0 Å². The number of hydrogen-bond donors (Lipinski definition) is 0. The third-order valence-electron chi connectivity index (χ3n) is 4.37. The van der Waals surface area contributed by atoms with Crippen molar-refractivity contribution >= 4 is 17.9 Å². The van der Waals surface area contributed by atoms with E-state index in [1.54, 1.807) is 43.3 Å². The molecule has 0 aromatic heterocycles. The van der Waals surface area contributed by atoms with E-state index in [1.807, 2.05) is 24.0 Å². The topological polar surface area (TPSA) is 49.9 Å². The number of piperidine rings is 1. The Kier molecular flexibility index (Phi) is 7.19. The van der Waals surface area contributed by atoms with Gasteiger partial charge in [0.15, 0.2) is 0 Å². The van der Waals surface area contributed by atoms with Gasteiger partial charge in [-0.25, -0.2) is 0 Å². The van der Waals surface area contributed by atoms with Crippen molar-refractivity contribution < 1.29 is 14.3 Å². The predicted molar refractivity (Wildman–Crippen MR) is 99.3 cm³/mol. The summed E-state index contributed by atoms with van der Waals surface area (Å²) < 4.78 is 5.49. The Bertz CT molecular complexity index is 608. The van der Waals surface area contributed by atoms with E-state index < -0.39 is 0 Å². The van der Waals surface area contributed by atoms with Crippen LogP contribution in [-0.4, -0.2) is 62.0 Å². The second-order valence-electron chi connectivity index (χ2n) is 6.61. The summed E-state index contributed by atoms with van der Waals surface area (Å²) in [6.45, 7) is 5.01. The highest BCUT2D eigenvalue weighted by molar-refractivity contribution is 5.94. The third kappa shape index (κ3) is 5.71. The molecule has 1 fully saturated rings. The van der Waals surface area contributed by atoms with Crippen LogP contribution in [0, 0.1) is 5.92 Å². The number of hydrogen-bond acceptors (Lipinski definition) is 3. The lowest BCUT2D eigenvalue weighted by atomic mass is 9.99. The lowest BCUT2D eigenvalue weighted by Gasteiger charge is -2.31. The molecule has 5 heteroatoms. The number of carbonyl (C=O) groups excluding carboxylic acids is 2. The van der Waals surface area contributed by atoms with Gasteiger partial charge in [0, 0.05) is 45.4 Å². The molecule has 1 saturated heterocycles. The summed E-state index contributed by atoms with van der Waals surface area (Å²) in [5, 5.41) is 0. The Balaban J connectivity index is 1.92. The fourth-order valence-electron chi connectivity index (χ4n) is 2.95. The highest BCUT2D eigenvalue weighted by Crippen LogP contribution is 2.17. The van der Waals surface area contributed by atoms with E-state index in [1.165, 1.54) is 0 Å². The molecule has 5 nitrogen and oxygen atoms in total. The maximum Gasteiger partial charge on any atom is 0.253 e. The molecule has 0 radical (unpaired) electrons. The van der Waals surface area contributed by atoms with E-state index >= 15 is 0 Å². The summed E-state index contributed by atoms with van der Waals surface area (Å²) in [5.74, 6) is 0.442. The Labute approximate surface area is 150 Å². The van der Waals surface area contributed by atoms with Crippen LogP contribution in [0.3, 0.4) is 0 Å². The predicted octanol–water partition coefficient (Wildman–Crippen LogP) is 2.68. The zero-order valence-corrected chi connectivity index (χ0v) is 15.4. The molecule has 2 amide bonds. The lowest BCUT2D eigenvalue weighted by Crippen LogP contribution is -2.40. The van der Waals surface area contributed by atoms with Crippen LogP contribution in [0.15, 0.2) is 30.3 Å². The quantitative estimate of drug-likeness (QED) is 0.746. The van der Waals surface area contributed by atoms with Crippen LogP contribution in [0.4, 0.5) is 0 Å². The lowest BCUT2D eigenvalue weighted by molar-refractivity contribution is -0.128. The second kappa shape index (κ2) is 9.37. The number of amides is 2. The largest absolute Gasteiger partial charge is 0.381 e. The number of ether oxygens (including phenoxy) is 1. The Hall–Kier alpha value is -2.14. The van der Waals surface area contributed by atoms with E-state index in [4.69, 9.17) is 4.74 Å². The molecule has 1 aromatic rings. The molecular formula is C20H28N2O3. The van der Waals surface area contributed by atoms with E-state index in [-0.39, 0.29) is 11.8 Å². The van der Waals surface area contributed by atoms with Crippen LogP contribution in [0.1, 0.15) is 35.7 Å². The van der Waals surface area contributed by atoms with Crippen molar-refractivity contribution in [2.75, 3.05) is 40.4 Å². The molecule has 1 aliphatic rings. The maximum atomic E-state index is 12.4. The molecule has 1 aliphatic heterocycles. The Morgan fingerprint density at radius 3 is 2.64 bits per heavy atom. The summed E-state index contributed by atoms with van der Waals surface area (Å²) in [5.41, 5.74) is 1.55. The van der Waals surface area contributed by atoms with Crippen molar-refractivity contribution in [1.29, 1.82) is 0 Å². The fourth-order valence-corrected chi connectivity index (χ4v) is 2.95. The molecule has 136 valence electrons. The summed E-state index contributed by atoms with van der Waals surface area (Å²) in [6, 6.07) is 7.28. The van der Waals surface area contributed by atoms with Crippen LogP contribution in [0.2, 0.25) is 0 Å². The van der Waals surface area contributed by atoms with Gasteiger partial charge in [-0.3, -0.25) is 9.59 Å². The van der Waals surface area contributed by atoms with Gasteiger partial charge in [-0.05, 0) is 49.5 Å². The van der Waals surface area contributed by atoms with Crippen LogP contribution in [0.5, 0.6) is 0 Å². The molecule has 0 bridgehead atoms. The molecule has 25 heavy (non-hydrogen) atoms. The standard InChI is InChI=1S/C20H28N2O3/c1-4-25-15-17-6-5-13-22(14-17)19(23)12-9-16-7-10-18(11-8-16)20(24)21(2)3/h7-12,17H,4-6,13-15H2,1-3H3/b12-9+. The first kappa shape index (κ1) is 19.2. The highest BCUT2D eigenvalue weighted by Gasteiger charge is 2.22. The number of benzene rings is 1. The van der Waals surface area contributed by atoms with Gasteiger partial charge in [0.05, 0.1) is 6.61 Å². The van der Waals surface area contributed by atoms with Crippen molar-refractivity contribution in [1.82, 2.24) is 9.80 Å². The average Bonchev–Trinajstić information content (AvgIpc) is 2.64. The second-order valence-corrected chi connectivity index (χ2v) is 6.61. The summed E-state index contributed by atoms with van der Waals surface area (Å²) in [4.78, 5) is 27.7. The fraction of sp³-hybridized carbons (Fsp3) is 0.500. The van der Waals surface area contributed by atoms with Gasteiger partial charge in [-0.1, -0.05) is 12.1 Å². The van der Waals surface area contributed by atoms with Crippen LogP contribution in [-0.2, 0) is 9.53 Å². The SMILES string of the molecule is CCOCC1CCCN(C(=O)/C=C/c2ccc(C(=O)N(C)C)cc2)C1. The van der Waals surface area contributed by atoms with Crippen molar-refractivity contribution in [2.24, 2.45) is 5.92 Å². The molecular weight excluding hydrogens is 316 g/mol. The summed E-state index contributed by atoms with van der Waals surface area (Å²) >= 11 is 0. The minimum Gasteiger partial charge on any atom is -0.381 e. The van der Waals surface area contributed by atoms with Gasteiger partial charge >= 0.3 is 0 Å². The molecule has 1 unspecified atom stereocenters. The van der Waals surface area contributed by atoms with E-state index in [2.05, 4.69) is 0 Å². The molecule has 0 spiro atoms. The monoisotopic (exact) mass is 344 g/mol. The van der Waals surface area contributed by atoms with Gasteiger partial charge in [-0.2, -0.15) is 0 Å². The Morgan fingerprint density at radius 2 is 2.00 bits per heavy atom. The van der Waals surface area contributed by atoms with Crippen molar-refractivity contribution in [3.63, 3.8) is 0 Å². The summed E-state index contributed by atoms with van der Waals surface area (Å²) in [7, 11) is 3.46. The third-order valence-corrected chi connectivity index (χ3v) is 4.37. The molecule has 0 aliphatic carbocycles. The minimum atomic E-state index is -0.0275. The van der Waals surface area contributed by atoms with E-state index in [0.717, 1.165) is 44.7 Å². The normalized spacial score (nSPS) is 17.7. The average molecular weight is 344 g/mol. The smallest absolute Gasteiger partial charge is 0.253 e. The van der Waals surface area contributed by atoms with Crippen molar-refractivity contribution in [2.45, 2.75) is 19.8 Å².